The van der Waals surface area contributed by atoms with Gasteiger partial charge in [-0.25, -0.2) is 0 Å². The number of rotatable bonds is 5. The summed E-state index contributed by atoms with van der Waals surface area (Å²) in [5, 5.41) is 46.3. The molecule has 1 aromatic rings. The predicted molar refractivity (Wildman–Crippen MR) is 156 cm³/mol. The zero-order chi connectivity index (χ0) is 30.2. The Balaban J connectivity index is 1.63. The minimum atomic E-state index is -2.50. The van der Waals surface area contributed by atoms with Gasteiger partial charge in [0.05, 0.1) is 17.6 Å². The molecule has 6 N–H and O–H groups in total. The van der Waals surface area contributed by atoms with E-state index in [-0.39, 0.29) is 28.5 Å². The Labute approximate surface area is 249 Å². The molecule has 2 saturated carbocycles. The van der Waals surface area contributed by atoms with Crippen LogP contribution in [0, 0.1) is 34.5 Å². The molecule has 9 atom stereocenters. The van der Waals surface area contributed by atoms with Gasteiger partial charge in [0.1, 0.15) is 17.8 Å². The first-order valence-electron chi connectivity index (χ1n) is 14.7. The quantitative estimate of drug-likeness (QED) is 0.189. The number of Topliss-reactive ketones (excluding diaryl/α,β-unsaturated/α-hetero) is 2. The highest BCUT2D eigenvalue weighted by Crippen LogP contribution is 2.65. The van der Waals surface area contributed by atoms with E-state index in [4.69, 9.17) is 5.73 Å². The average Bonchev–Trinajstić information content (AvgIpc) is 2.87. The normalized spacial score (nSPS) is 39.4. The standard InChI is InChI=1S/C32H42BrNO7/c1-15(2)23-26(37)22(29(34)40)27(38)32(41)28(39)24-25(36)21-18(13-30(24,3)14-31(23,32)4)17(10-11-20(21)35)12-19(33)16-8-6-5-7-9-16/h8,10-11,15,19,22-24,26,28,35,37,39,41H,5-7,9,12-14H2,1-4H3,(H2,34,40)/t19?,22-,23+,24-,26?,28?,30-,31-,32+/m1/s1. The summed E-state index contributed by atoms with van der Waals surface area (Å²) in [6.07, 6.45) is 4.42. The number of phenolic OH excluding ortho intramolecular Hbond substituents is 1. The van der Waals surface area contributed by atoms with E-state index in [2.05, 4.69) is 22.0 Å². The summed E-state index contributed by atoms with van der Waals surface area (Å²) in [5.41, 5.74) is 3.84. The number of nitrogens with two attached hydrogens (primary N) is 1. The monoisotopic (exact) mass is 631 g/mol. The van der Waals surface area contributed by atoms with Gasteiger partial charge in [0.15, 0.2) is 17.2 Å². The highest BCUT2D eigenvalue weighted by Gasteiger charge is 2.75. The number of carbonyl (C=O) groups excluding carboxylic acids is 3. The molecule has 2 fully saturated rings. The Kier molecular flexibility index (Phi) is 7.62. The summed E-state index contributed by atoms with van der Waals surface area (Å²) < 4.78 is 0. The van der Waals surface area contributed by atoms with Gasteiger partial charge in [-0.1, -0.05) is 61.3 Å². The molecule has 4 aliphatic carbocycles. The van der Waals surface area contributed by atoms with Crippen LogP contribution in [0.1, 0.15) is 81.3 Å². The zero-order valence-corrected chi connectivity index (χ0v) is 25.8. The molecule has 0 bridgehead atoms. The molecular formula is C32H42BrNO7. The Bertz CT molecular complexity index is 1330. The zero-order valence-electron chi connectivity index (χ0n) is 24.2. The van der Waals surface area contributed by atoms with Crippen molar-refractivity contribution in [2.75, 3.05) is 0 Å². The molecule has 1 aromatic carbocycles. The number of allylic oxidation sites excluding steroid dienone is 2. The summed E-state index contributed by atoms with van der Waals surface area (Å²) >= 11 is 3.85. The van der Waals surface area contributed by atoms with E-state index in [1.54, 1.807) is 6.92 Å². The first kappa shape index (κ1) is 30.4. The molecule has 5 rings (SSSR count). The lowest BCUT2D eigenvalue weighted by molar-refractivity contribution is -0.265. The van der Waals surface area contributed by atoms with Crippen LogP contribution in [0.25, 0.3) is 0 Å². The van der Waals surface area contributed by atoms with Crippen molar-refractivity contribution in [3.05, 3.63) is 40.5 Å². The largest absolute Gasteiger partial charge is 0.507 e. The molecule has 41 heavy (non-hydrogen) atoms. The number of hydrogen-bond acceptors (Lipinski definition) is 7. The fourth-order valence-electron chi connectivity index (χ4n) is 9.26. The minimum Gasteiger partial charge on any atom is -0.507 e. The van der Waals surface area contributed by atoms with Crippen LogP contribution in [0.3, 0.4) is 0 Å². The number of aliphatic hydroxyl groups excluding tert-OH is 2. The Morgan fingerprint density at radius 3 is 2.44 bits per heavy atom. The van der Waals surface area contributed by atoms with Gasteiger partial charge in [0.25, 0.3) is 0 Å². The summed E-state index contributed by atoms with van der Waals surface area (Å²) in [4.78, 5) is 40.5. The summed E-state index contributed by atoms with van der Waals surface area (Å²) in [6, 6.07) is 3.35. The van der Waals surface area contributed by atoms with Crippen LogP contribution >= 0.6 is 15.9 Å². The van der Waals surface area contributed by atoms with Gasteiger partial charge in [0, 0.05) is 10.2 Å². The van der Waals surface area contributed by atoms with Crippen LogP contribution in [0.15, 0.2) is 23.8 Å². The second kappa shape index (κ2) is 10.3. The third-order valence-electron chi connectivity index (χ3n) is 10.9. The first-order chi connectivity index (χ1) is 19.1. The van der Waals surface area contributed by atoms with Crippen molar-refractivity contribution in [2.24, 2.45) is 40.2 Å². The molecule has 0 spiro atoms. The molecule has 0 aliphatic heterocycles. The fraction of sp³-hybridized carbons (Fsp3) is 0.656. The van der Waals surface area contributed by atoms with E-state index < -0.39 is 63.9 Å². The van der Waals surface area contributed by atoms with Gasteiger partial charge in [-0.05, 0) is 79.4 Å². The van der Waals surface area contributed by atoms with Crippen molar-refractivity contribution in [3.63, 3.8) is 0 Å². The number of amides is 1. The number of primary amides is 1. The van der Waals surface area contributed by atoms with Crippen LogP contribution in [0.2, 0.25) is 0 Å². The average molecular weight is 633 g/mol. The smallest absolute Gasteiger partial charge is 0.230 e. The maximum Gasteiger partial charge on any atom is 0.230 e. The lowest BCUT2D eigenvalue weighted by Crippen LogP contribution is -2.79. The maximum absolute atomic E-state index is 14.2. The summed E-state index contributed by atoms with van der Waals surface area (Å²) in [7, 11) is 0. The molecule has 9 heteroatoms. The number of ketones is 2. The van der Waals surface area contributed by atoms with Gasteiger partial charge < -0.3 is 26.2 Å². The molecule has 1 amide bonds. The number of benzene rings is 1. The Morgan fingerprint density at radius 2 is 1.85 bits per heavy atom. The van der Waals surface area contributed by atoms with E-state index in [1.165, 1.54) is 18.1 Å². The number of alkyl halides is 1. The van der Waals surface area contributed by atoms with Gasteiger partial charge in [-0.2, -0.15) is 0 Å². The van der Waals surface area contributed by atoms with Crippen LogP contribution in [0.5, 0.6) is 5.75 Å². The van der Waals surface area contributed by atoms with Crippen molar-refractivity contribution in [2.45, 2.75) is 95.3 Å². The second-order valence-corrected chi connectivity index (χ2v) is 14.9. The second-order valence-electron chi connectivity index (χ2n) is 13.8. The minimum absolute atomic E-state index is 0.0822. The number of halogens is 1. The van der Waals surface area contributed by atoms with Crippen LogP contribution in [-0.4, -0.2) is 60.5 Å². The molecule has 3 unspecified atom stereocenters. The van der Waals surface area contributed by atoms with E-state index in [0.29, 0.717) is 12.8 Å². The predicted octanol–water partition coefficient (Wildman–Crippen LogP) is 3.38. The van der Waals surface area contributed by atoms with Gasteiger partial charge in [0.2, 0.25) is 5.91 Å². The third kappa shape index (κ3) is 4.28. The van der Waals surface area contributed by atoms with E-state index >= 15 is 0 Å². The van der Waals surface area contributed by atoms with Crippen molar-refractivity contribution in [1.29, 1.82) is 0 Å². The Morgan fingerprint density at radius 1 is 1.17 bits per heavy atom. The summed E-state index contributed by atoms with van der Waals surface area (Å²) in [5.74, 6) is -6.84. The van der Waals surface area contributed by atoms with E-state index in [0.717, 1.165) is 30.4 Å². The lowest BCUT2D eigenvalue weighted by Gasteiger charge is -2.66. The van der Waals surface area contributed by atoms with Gasteiger partial charge in [-0.15, -0.1) is 0 Å². The number of fused-ring (bicyclic) bond motifs is 3. The third-order valence-corrected chi connectivity index (χ3v) is 11.8. The molecule has 0 saturated heterocycles. The molecule has 8 nitrogen and oxygen atoms in total. The van der Waals surface area contributed by atoms with E-state index in [1.807, 2.05) is 26.8 Å². The molecule has 0 radical (unpaired) electrons. The Hall–Kier alpha value is -2.07. The number of aliphatic hydroxyl groups is 3. The van der Waals surface area contributed by atoms with Crippen molar-refractivity contribution >= 4 is 33.4 Å². The fourth-order valence-corrected chi connectivity index (χ4v) is 10.0. The lowest BCUT2D eigenvalue weighted by atomic mass is 9.39. The van der Waals surface area contributed by atoms with Crippen LogP contribution < -0.4 is 5.73 Å². The maximum atomic E-state index is 14.2. The molecule has 0 heterocycles. The topological polar surface area (TPSA) is 158 Å². The first-order valence-corrected chi connectivity index (χ1v) is 15.6. The number of aromatic hydroxyl groups is 1. The molecule has 224 valence electrons. The molecule has 0 aromatic heterocycles. The SMILES string of the molecule is CC(C)[C@H]1C(O)[C@@H](C(N)=O)C(=O)[C@]2(O)C(O)[C@H]3C(=O)c4c(O)ccc(CC(Br)C5=CCCCC5)c4C[C@]3(C)C[C@]12C. The summed E-state index contributed by atoms with van der Waals surface area (Å²) in [6.45, 7) is 7.22. The van der Waals surface area contributed by atoms with Crippen molar-refractivity contribution < 1.29 is 34.8 Å². The van der Waals surface area contributed by atoms with Gasteiger partial charge in [-0.3, -0.25) is 14.4 Å². The van der Waals surface area contributed by atoms with Crippen LogP contribution in [-0.2, 0) is 22.4 Å². The van der Waals surface area contributed by atoms with Crippen molar-refractivity contribution in [3.8, 4) is 5.75 Å². The van der Waals surface area contributed by atoms with Gasteiger partial charge >= 0.3 is 0 Å². The number of phenols is 1. The number of carbonyl (C=O) groups is 3. The van der Waals surface area contributed by atoms with Crippen LogP contribution in [0.4, 0.5) is 0 Å². The molecular weight excluding hydrogens is 590 g/mol. The highest BCUT2D eigenvalue weighted by molar-refractivity contribution is 9.09. The molecule has 4 aliphatic rings. The van der Waals surface area contributed by atoms with E-state index in [9.17, 15) is 34.8 Å². The number of hydrogen-bond donors (Lipinski definition) is 5. The highest BCUT2D eigenvalue weighted by atomic mass is 79.9. The van der Waals surface area contributed by atoms with Crippen molar-refractivity contribution in [1.82, 2.24) is 0 Å².